The standard InChI is InChI=1S/C20H20F2N2O4S/c1-29(26,27)23-17-9-10-24-18(17)12-13-5-4-6-14(11-13)15-7-2-3-8-16(15)20(21,22)28-19(24)25/h2-8,11,17-18,23H,9-10,12H2,1H3. The van der Waals surface area contributed by atoms with E-state index < -0.39 is 39.9 Å². The number of nitrogens with zero attached hydrogens (tertiary/aromatic N) is 1. The first-order valence-electron chi connectivity index (χ1n) is 9.17. The molecule has 0 saturated carbocycles. The maximum absolute atomic E-state index is 14.9. The van der Waals surface area contributed by atoms with E-state index in [1.807, 2.05) is 6.07 Å². The molecule has 2 bridgehead atoms. The lowest BCUT2D eigenvalue weighted by Gasteiger charge is -2.29. The molecule has 1 N–H and O–H groups in total. The minimum atomic E-state index is -3.83. The number of halogens is 2. The van der Waals surface area contributed by atoms with Gasteiger partial charge in [0.2, 0.25) is 10.0 Å². The van der Waals surface area contributed by atoms with E-state index in [0.29, 0.717) is 18.4 Å². The molecule has 9 heteroatoms. The fourth-order valence-corrected chi connectivity index (χ4v) is 4.89. The number of carbonyl (C=O) groups is 1. The largest absolute Gasteiger partial charge is 0.430 e. The lowest BCUT2D eigenvalue weighted by molar-refractivity contribution is -0.213. The van der Waals surface area contributed by atoms with Crippen LogP contribution in [0.3, 0.4) is 0 Å². The Kier molecular flexibility index (Phi) is 4.82. The molecule has 0 spiro atoms. The van der Waals surface area contributed by atoms with Gasteiger partial charge in [-0.3, -0.25) is 0 Å². The van der Waals surface area contributed by atoms with Crippen LogP contribution in [0.2, 0.25) is 0 Å². The number of benzene rings is 2. The molecule has 2 unspecified atom stereocenters. The highest BCUT2D eigenvalue weighted by molar-refractivity contribution is 7.88. The van der Waals surface area contributed by atoms with Gasteiger partial charge in [0.05, 0.1) is 17.9 Å². The number of hydrogen-bond donors (Lipinski definition) is 1. The molecule has 2 aromatic carbocycles. The van der Waals surface area contributed by atoms with Crippen molar-refractivity contribution >= 4 is 16.1 Å². The van der Waals surface area contributed by atoms with Gasteiger partial charge in [-0.05, 0) is 35.6 Å². The van der Waals surface area contributed by atoms with Crippen molar-refractivity contribution in [3.63, 3.8) is 0 Å². The van der Waals surface area contributed by atoms with E-state index >= 15 is 0 Å². The van der Waals surface area contributed by atoms with Crippen molar-refractivity contribution in [3.05, 3.63) is 59.7 Å². The molecule has 1 saturated heterocycles. The first-order valence-corrected chi connectivity index (χ1v) is 11.1. The summed E-state index contributed by atoms with van der Waals surface area (Å²) in [6.07, 6.45) is -3.34. The zero-order valence-electron chi connectivity index (χ0n) is 15.6. The first-order chi connectivity index (χ1) is 13.6. The second kappa shape index (κ2) is 7.07. The first kappa shape index (κ1) is 19.8. The Balaban J connectivity index is 1.82. The van der Waals surface area contributed by atoms with Crippen LogP contribution in [0.25, 0.3) is 11.1 Å². The second-order valence-electron chi connectivity index (χ2n) is 7.38. The summed E-state index contributed by atoms with van der Waals surface area (Å²) in [5, 5.41) is 0. The Bertz CT molecular complexity index is 1060. The van der Waals surface area contributed by atoms with Gasteiger partial charge in [-0.1, -0.05) is 42.5 Å². The summed E-state index contributed by atoms with van der Waals surface area (Å²) < 4.78 is 60.5. The molecule has 6 nitrogen and oxygen atoms in total. The lowest BCUT2D eigenvalue weighted by Crippen LogP contribution is -2.48. The maximum Gasteiger partial charge on any atom is 0.430 e. The van der Waals surface area contributed by atoms with Gasteiger partial charge in [0.1, 0.15) is 0 Å². The maximum atomic E-state index is 14.9. The van der Waals surface area contributed by atoms with Crippen molar-refractivity contribution < 1.29 is 26.7 Å². The van der Waals surface area contributed by atoms with Gasteiger partial charge in [-0.2, -0.15) is 8.78 Å². The van der Waals surface area contributed by atoms with E-state index in [-0.39, 0.29) is 12.1 Å². The zero-order valence-corrected chi connectivity index (χ0v) is 16.5. The second-order valence-corrected chi connectivity index (χ2v) is 9.16. The molecule has 2 atom stereocenters. The Hall–Kier alpha value is -2.52. The molecular weight excluding hydrogens is 402 g/mol. The molecule has 0 aliphatic carbocycles. The van der Waals surface area contributed by atoms with Crippen molar-refractivity contribution in [1.29, 1.82) is 0 Å². The van der Waals surface area contributed by atoms with Crippen LogP contribution in [0, 0.1) is 0 Å². The summed E-state index contributed by atoms with van der Waals surface area (Å²) in [5.74, 6) is 0. The summed E-state index contributed by atoms with van der Waals surface area (Å²) in [5.41, 5.74) is 1.27. The number of sulfonamides is 1. The normalized spacial score (nSPS) is 23.6. The molecule has 154 valence electrons. The average Bonchev–Trinajstić information content (AvgIpc) is 3.01. The summed E-state index contributed by atoms with van der Waals surface area (Å²) in [7, 11) is -3.53. The minimum absolute atomic E-state index is 0.119. The molecule has 0 radical (unpaired) electrons. The molecular formula is C20H20F2N2O4S. The Morgan fingerprint density at radius 3 is 2.69 bits per heavy atom. The molecule has 1 fully saturated rings. The van der Waals surface area contributed by atoms with E-state index in [2.05, 4.69) is 9.46 Å². The summed E-state index contributed by atoms with van der Waals surface area (Å²) in [4.78, 5) is 13.8. The van der Waals surface area contributed by atoms with Crippen LogP contribution >= 0.6 is 0 Å². The molecule has 2 heterocycles. The summed E-state index contributed by atoms with van der Waals surface area (Å²) in [6, 6.07) is 11.8. The lowest BCUT2D eigenvalue weighted by atomic mass is 9.94. The molecule has 29 heavy (non-hydrogen) atoms. The number of carbonyl (C=O) groups excluding carboxylic acids is 1. The van der Waals surface area contributed by atoms with Gasteiger partial charge in [0.25, 0.3) is 0 Å². The number of nitrogens with one attached hydrogen (secondary N) is 1. The summed E-state index contributed by atoms with van der Waals surface area (Å²) in [6.45, 7) is 0.119. The van der Waals surface area contributed by atoms with Crippen LogP contribution in [0.15, 0.2) is 48.5 Å². The summed E-state index contributed by atoms with van der Waals surface area (Å²) >= 11 is 0. The molecule has 0 aromatic heterocycles. The highest BCUT2D eigenvalue weighted by Gasteiger charge is 2.45. The number of alkyl halides is 2. The molecule has 2 aromatic rings. The average molecular weight is 422 g/mol. The van der Waals surface area contributed by atoms with Gasteiger partial charge in [0.15, 0.2) is 0 Å². The number of hydrogen-bond acceptors (Lipinski definition) is 4. The van der Waals surface area contributed by atoms with Crippen LogP contribution in [-0.4, -0.2) is 44.3 Å². The van der Waals surface area contributed by atoms with Crippen molar-refractivity contribution in [3.8, 4) is 11.1 Å². The van der Waals surface area contributed by atoms with E-state index in [1.54, 1.807) is 30.3 Å². The van der Waals surface area contributed by atoms with Crippen molar-refractivity contribution in [2.75, 3.05) is 12.8 Å². The molecule has 2 aliphatic heterocycles. The number of amides is 1. The van der Waals surface area contributed by atoms with E-state index in [4.69, 9.17) is 0 Å². The van der Waals surface area contributed by atoms with Gasteiger partial charge in [-0.15, -0.1) is 0 Å². The quantitative estimate of drug-likeness (QED) is 0.807. The predicted molar refractivity (Wildman–Crippen MR) is 103 cm³/mol. The smallest absolute Gasteiger partial charge is 0.380 e. The number of fused-ring (bicyclic) bond motifs is 5. The molecule has 1 amide bonds. The van der Waals surface area contributed by atoms with Crippen LogP contribution in [-0.2, 0) is 27.3 Å². The van der Waals surface area contributed by atoms with Gasteiger partial charge in [-0.25, -0.2) is 17.9 Å². The molecule has 2 aliphatic rings. The fourth-order valence-electron chi connectivity index (χ4n) is 4.06. The Morgan fingerprint density at radius 1 is 1.17 bits per heavy atom. The van der Waals surface area contributed by atoms with Gasteiger partial charge < -0.3 is 9.64 Å². The Labute approximate surface area is 167 Å². The van der Waals surface area contributed by atoms with E-state index in [9.17, 15) is 22.0 Å². The predicted octanol–water partition coefficient (Wildman–Crippen LogP) is 3.09. The number of cyclic esters (lactones) is 1. The van der Waals surface area contributed by atoms with Gasteiger partial charge >= 0.3 is 12.2 Å². The zero-order chi connectivity index (χ0) is 20.8. The van der Waals surface area contributed by atoms with Crippen LogP contribution < -0.4 is 4.72 Å². The third-order valence-corrected chi connectivity index (χ3v) is 6.02. The third kappa shape index (κ3) is 3.97. The SMILES string of the molecule is CS(=O)(=O)NC1CCN2C(=O)OC(F)(F)c3ccccc3-c3cccc(c3)CC12. The number of ether oxygens (including phenoxy) is 1. The molecule has 4 rings (SSSR count). The number of rotatable bonds is 2. The van der Waals surface area contributed by atoms with E-state index in [0.717, 1.165) is 11.8 Å². The third-order valence-electron chi connectivity index (χ3n) is 5.28. The van der Waals surface area contributed by atoms with Crippen molar-refractivity contribution in [2.45, 2.75) is 31.0 Å². The monoisotopic (exact) mass is 422 g/mol. The van der Waals surface area contributed by atoms with Crippen LogP contribution in [0.4, 0.5) is 13.6 Å². The van der Waals surface area contributed by atoms with Gasteiger partial charge in [0, 0.05) is 12.6 Å². The topological polar surface area (TPSA) is 75.7 Å². The Morgan fingerprint density at radius 2 is 1.93 bits per heavy atom. The highest BCUT2D eigenvalue weighted by Crippen LogP contribution is 2.39. The van der Waals surface area contributed by atoms with Crippen molar-refractivity contribution in [2.24, 2.45) is 0 Å². The van der Waals surface area contributed by atoms with Crippen LogP contribution in [0.5, 0.6) is 0 Å². The van der Waals surface area contributed by atoms with E-state index in [1.165, 1.54) is 17.0 Å². The van der Waals surface area contributed by atoms with Crippen molar-refractivity contribution in [1.82, 2.24) is 9.62 Å². The fraction of sp³-hybridized carbons (Fsp3) is 0.350. The van der Waals surface area contributed by atoms with Crippen LogP contribution in [0.1, 0.15) is 17.5 Å². The minimum Gasteiger partial charge on any atom is -0.380 e. The highest BCUT2D eigenvalue weighted by atomic mass is 32.2.